The Kier molecular flexibility index (Phi) is 2.83. The summed E-state index contributed by atoms with van der Waals surface area (Å²) >= 11 is 1.30. The lowest BCUT2D eigenvalue weighted by Gasteiger charge is -2.15. The number of hydrogen-bond donors (Lipinski definition) is 2. The van der Waals surface area contributed by atoms with E-state index in [1.165, 1.54) is 17.8 Å². The van der Waals surface area contributed by atoms with Crippen molar-refractivity contribution in [3.05, 3.63) is 29.8 Å². The summed E-state index contributed by atoms with van der Waals surface area (Å²) in [5.74, 6) is 0.637. The van der Waals surface area contributed by atoms with E-state index >= 15 is 0 Å². The van der Waals surface area contributed by atoms with Crippen molar-refractivity contribution >= 4 is 23.7 Å². The van der Waals surface area contributed by atoms with Gasteiger partial charge in [0.25, 0.3) is 0 Å². The van der Waals surface area contributed by atoms with E-state index in [-0.39, 0.29) is 6.04 Å². The Hall–Kier alpha value is -1.20. The number of nitrogens with two attached hydrogens (primary N) is 1. The average molecular weight is 222 g/mol. The van der Waals surface area contributed by atoms with Crippen LogP contribution in [-0.4, -0.2) is 19.9 Å². The number of rotatable bonds is 2. The smallest absolute Gasteiger partial charge is 0.132 e. The summed E-state index contributed by atoms with van der Waals surface area (Å²) in [7, 11) is 4.04. The molecule has 4 nitrogen and oxygen atoms in total. The van der Waals surface area contributed by atoms with Crippen LogP contribution in [0.3, 0.4) is 0 Å². The average Bonchev–Trinajstić information content (AvgIpc) is 2.65. The Bertz CT molecular complexity index is 372. The fraction of sp³-hybridized carbons (Fsp3) is 0.300. The van der Waals surface area contributed by atoms with E-state index in [9.17, 15) is 0 Å². The summed E-state index contributed by atoms with van der Waals surface area (Å²) in [6, 6.07) is 8.34. The molecule has 2 rings (SSSR count). The molecule has 0 saturated heterocycles. The van der Waals surface area contributed by atoms with Gasteiger partial charge in [0.1, 0.15) is 11.9 Å². The van der Waals surface area contributed by atoms with Crippen LogP contribution < -0.4 is 15.4 Å². The van der Waals surface area contributed by atoms with Gasteiger partial charge in [-0.15, -0.1) is 0 Å². The predicted molar refractivity (Wildman–Crippen MR) is 65.9 cm³/mol. The molecule has 3 N–H and O–H groups in total. The third kappa shape index (κ3) is 2.08. The van der Waals surface area contributed by atoms with Crippen LogP contribution in [-0.2, 0) is 0 Å². The van der Waals surface area contributed by atoms with Gasteiger partial charge in [-0.2, -0.15) is 4.40 Å². The highest BCUT2D eigenvalue weighted by atomic mass is 32.2. The molecule has 1 atom stereocenters. The SMILES string of the molecule is CN(C)c1ccc(C2NSN=C2N)cc1. The summed E-state index contributed by atoms with van der Waals surface area (Å²) in [6.07, 6.45) is 0. The molecule has 80 valence electrons. The van der Waals surface area contributed by atoms with Gasteiger partial charge in [0, 0.05) is 19.8 Å². The normalized spacial score (nSPS) is 20.1. The molecule has 1 aromatic carbocycles. The summed E-state index contributed by atoms with van der Waals surface area (Å²) in [4.78, 5) is 2.07. The minimum atomic E-state index is 0.0474. The first-order valence-electron chi connectivity index (χ1n) is 4.70. The van der Waals surface area contributed by atoms with Gasteiger partial charge < -0.3 is 10.6 Å². The summed E-state index contributed by atoms with van der Waals surface area (Å²) in [6.45, 7) is 0. The fourth-order valence-corrected chi connectivity index (χ4v) is 2.07. The highest BCUT2D eigenvalue weighted by Gasteiger charge is 2.20. The second-order valence-corrected chi connectivity index (χ2v) is 4.25. The van der Waals surface area contributed by atoms with Crippen LogP contribution in [0.15, 0.2) is 28.7 Å². The zero-order valence-electron chi connectivity index (χ0n) is 8.77. The number of nitrogens with zero attached hydrogens (tertiary/aromatic N) is 2. The quantitative estimate of drug-likeness (QED) is 0.741. The summed E-state index contributed by atoms with van der Waals surface area (Å²) in [5, 5.41) is 0. The van der Waals surface area contributed by atoms with Gasteiger partial charge >= 0.3 is 0 Å². The van der Waals surface area contributed by atoms with Crippen LogP contribution in [0.25, 0.3) is 0 Å². The lowest BCUT2D eigenvalue weighted by molar-refractivity contribution is 0.893. The van der Waals surface area contributed by atoms with Crippen LogP contribution in [0.2, 0.25) is 0 Å². The van der Waals surface area contributed by atoms with Gasteiger partial charge in [-0.05, 0) is 17.7 Å². The van der Waals surface area contributed by atoms with Crippen molar-refractivity contribution in [2.45, 2.75) is 6.04 Å². The van der Waals surface area contributed by atoms with E-state index in [2.05, 4.69) is 38.3 Å². The Morgan fingerprint density at radius 3 is 2.47 bits per heavy atom. The third-order valence-corrected chi connectivity index (χ3v) is 3.00. The molecule has 0 amide bonds. The molecule has 0 bridgehead atoms. The Balaban J connectivity index is 2.20. The van der Waals surface area contributed by atoms with Crippen molar-refractivity contribution in [3.8, 4) is 0 Å². The van der Waals surface area contributed by atoms with Crippen molar-refractivity contribution in [1.29, 1.82) is 0 Å². The van der Waals surface area contributed by atoms with Crippen molar-refractivity contribution in [2.24, 2.45) is 10.1 Å². The van der Waals surface area contributed by atoms with E-state index in [4.69, 9.17) is 5.73 Å². The monoisotopic (exact) mass is 222 g/mol. The second kappa shape index (κ2) is 4.12. The molecular weight excluding hydrogens is 208 g/mol. The number of anilines is 1. The molecule has 15 heavy (non-hydrogen) atoms. The van der Waals surface area contributed by atoms with Crippen molar-refractivity contribution in [2.75, 3.05) is 19.0 Å². The van der Waals surface area contributed by atoms with Gasteiger partial charge in [0.2, 0.25) is 0 Å². The summed E-state index contributed by atoms with van der Waals surface area (Å²) in [5.41, 5.74) is 8.09. The Morgan fingerprint density at radius 2 is 2.00 bits per heavy atom. The number of benzene rings is 1. The molecule has 0 fully saturated rings. The van der Waals surface area contributed by atoms with Crippen LogP contribution in [0, 0.1) is 0 Å². The molecule has 0 spiro atoms. The molecule has 0 saturated carbocycles. The zero-order valence-corrected chi connectivity index (χ0v) is 9.58. The van der Waals surface area contributed by atoms with Crippen LogP contribution in [0.1, 0.15) is 11.6 Å². The van der Waals surface area contributed by atoms with E-state index in [1.54, 1.807) is 0 Å². The maximum absolute atomic E-state index is 5.77. The van der Waals surface area contributed by atoms with Crippen LogP contribution in [0.5, 0.6) is 0 Å². The molecule has 1 aliphatic rings. The lowest BCUT2D eigenvalue weighted by atomic mass is 10.1. The number of amidine groups is 1. The van der Waals surface area contributed by atoms with Crippen LogP contribution in [0.4, 0.5) is 5.69 Å². The standard InChI is InChI=1S/C10H14N4S/c1-14(2)8-5-3-7(4-6-8)9-10(11)13-15-12-9/h3-6,9,12H,1-2H3,(H2,11,13). The zero-order chi connectivity index (χ0) is 10.8. The molecule has 0 aromatic heterocycles. The van der Waals surface area contributed by atoms with Crippen molar-refractivity contribution in [1.82, 2.24) is 4.72 Å². The summed E-state index contributed by atoms with van der Waals surface area (Å²) < 4.78 is 7.19. The van der Waals surface area contributed by atoms with Gasteiger partial charge in [-0.25, -0.2) is 4.72 Å². The van der Waals surface area contributed by atoms with E-state index < -0.39 is 0 Å². The molecule has 5 heteroatoms. The predicted octanol–water partition coefficient (Wildman–Crippen LogP) is 1.32. The highest BCUT2D eigenvalue weighted by molar-refractivity contribution is 7.96. The number of hydrogen-bond acceptors (Lipinski definition) is 5. The Labute approximate surface area is 93.8 Å². The van der Waals surface area contributed by atoms with E-state index in [0.717, 1.165) is 5.56 Å². The van der Waals surface area contributed by atoms with Crippen LogP contribution >= 0.6 is 12.1 Å². The fourth-order valence-electron chi connectivity index (χ4n) is 1.45. The van der Waals surface area contributed by atoms with E-state index in [0.29, 0.717) is 5.84 Å². The largest absolute Gasteiger partial charge is 0.385 e. The molecule has 0 radical (unpaired) electrons. The lowest BCUT2D eigenvalue weighted by Crippen LogP contribution is -2.24. The maximum atomic E-state index is 5.77. The highest BCUT2D eigenvalue weighted by Crippen LogP contribution is 2.24. The molecule has 1 unspecified atom stereocenters. The van der Waals surface area contributed by atoms with Crippen molar-refractivity contribution in [3.63, 3.8) is 0 Å². The minimum Gasteiger partial charge on any atom is -0.385 e. The molecule has 1 aromatic rings. The minimum absolute atomic E-state index is 0.0474. The first-order valence-corrected chi connectivity index (χ1v) is 5.48. The van der Waals surface area contributed by atoms with E-state index in [1.807, 2.05) is 14.1 Å². The van der Waals surface area contributed by atoms with Gasteiger partial charge in [0.15, 0.2) is 0 Å². The Morgan fingerprint density at radius 1 is 1.33 bits per heavy atom. The van der Waals surface area contributed by atoms with Gasteiger partial charge in [-0.3, -0.25) is 0 Å². The molecule has 0 aliphatic carbocycles. The third-order valence-electron chi connectivity index (χ3n) is 2.36. The van der Waals surface area contributed by atoms with Gasteiger partial charge in [0.05, 0.1) is 12.1 Å². The molecule has 1 aliphatic heterocycles. The topological polar surface area (TPSA) is 53.6 Å². The first kappa shape index (κ1) is 10.3. The van der Waals surface area contributed by atoms with Gasteiger partial charge in [-0.1, -0.05) is 12.1 Å². The molecule has 1 heterocycles. The first-order chi connectivity index (χ1) is 7.18. The van der Waals surface area contributed by atoms with Crippen molar-refractivity contribution < 1.29 is 0 Å². The second-order valence-electron chi connectivity index (χ2n) is 3.64. The maximum Gasteiger partial charge on any atom is 0.132 e. The number of nitrogens with one attached hydrogen (secondary N) is 1. The molecular formula is C10H14N4S.